The molecule has 1 saturated heterocycles. The van der Waals surface area contributed by atoms with Gasteiger partial charge in [0.05, 0.1) is 11.6 Å². The van der Waals surface area contributed by atoms with Gasteiger partial charge in [-0.3, -0.25) is 23.9 Å². The summed E-state index contributed by atoms with van der Waals surface area (Å²) in [4.78, 5) is 51.3. The summed E-state index contributed by atoms with van der Waals surface area (Å²) in [5.41, 5.74) is 0.401. The van der Waals surface area contributed by atoms with Gasteiger partial charge in [0, 0.05) is 24.9 Å². The number of ether oxygens (including phenoxy) is 1. The van der Waals surface area contributed by atoms with Crippen molar-refractivity contribution in [2.45, 2.75) is 37.7 Å². The summed E-state index contributed by atoms with van der Waals surface area (Å²) < 4.78 is 60.7. The summed E-state index contributed by atoms with van der Waals surface area (Å²) in [5, 5.41) is 11.1. The number of Topliss-reactive ketones (excluding diaryl/α,β-unsaturated/α-hetero) is 1. The van der Waals surface area contributed by atoms with E-state index in [0.29, 0.717) is 18.5 Å². The van der Waals surface area contributed by atoms with Gasteiger partial charge in [-0.15, -0.1) is 13.2 Å². The average Bonchev–Trinajstić information content (AvgIpc) is 3.61. The maximum atomic E-state index is 14.2. The van der Waals surface area contributed by atoms with Gasteiger partial charge in [-0.2, -0.15) is 0 Å². The molecule has 2 heterocycles. The lowest BCUT2D eigenvalue weighted by Crippen LogP contribution is -2.53. The number of alkyl halides is 3. The number of hydrogen-bond acceptors (Lipinski definition) is 7. The van der Waals surface area contributed by atoms with Crippen LogP contribution in [0.15, 0.2) is 65.2 Å². The summed E-state index contributed by atoms with van der Waals surface area (Å²) in [7, 11) is 0. The fourth-order valence-corrected chi connectivity index (χ4v) is 4.41. The molecular weight excluding hydrogens is 564 g/mol. The third-order valence-electron chi connectivity index (χ3n) is 6.55. The van der Waals surface area contributed by atoms with Crippen molar-refractivity contribution in [3.8, 4) is 11.3 Å². The van der Waals surface area contributed by atoms with Crippen molar-refractivity contribution in [2.24, 2.45) is 5.92 Å². The third-order valence-corrected chi connectivity index (χ3v) is 6.55. The number of benzene rings is 2. The average molecular weight is 591 g/mol. The Morgan fingerprint density at radius 1 is 1.05 bits per heavy atom. The van der Waals surface area contributed by atoms with Crippen molar-refractivity contribution in [2.75, 3.05) is 13.2 Å². The standard InChI is InChI=1S/C28H26F4N4O6/c29-19-9-5-4-8-18(19)24-14-22(36-42-24)27(40)35-21(12-16-6-2-1-3-7-16)26(39)34-20(13-17-10-11-33-25(17)38)23(37)15-41-28(30,31)32/h1-9,14,17,20-21H,10-13,15H2,(H,33,38)(H,34,39)(H,35,40)/t17-,20-,21-/m0/s1. The number of hydrogen-bond donors (Lipinski definition) is 3. The van der Waals surface area contributed by atoms with E-state index in [-0.39, 0.29) is 29.9 Å². The summed E-state index contributed by atoms with van der Waals surface area (Å²) in [6, 6.07) is 12.5. The predicted octanol–water partition coefficient (Wildman–Crippen LogP) is 2.94. The number of halogens is 4. The molecular formula is C28H26F4N4O6. The third kappa shape index (κ3) is 8.22. The van der Waals surface area contributed by atoms with Crippen molar-refractivity contribution < 1.29 is 46.0 Å². The van der Waals surface area contributed by atoms with E-state index in [1.54, 1.807) is 36.4 Å². The molecule has 1 aliphatic rings. The number of aromatic nitrogens is 1. The number of nitrogens with zero attached hydrogens (tertiary/aromatic N) is 1. The molecule has 1 aliphatic heterocycles. The molecule has 1 aromatic heterocycles. The number of carbonyl (C=O) groups excluding carboxylic acids is 4. The molecule has 3 atom stereocenters. The first-order valence-corrected chi connectivity index (χ1v) is 12.9. The maximum Gasteiger partial charge on any atom is 0.522 e. The van der Waals surface area contributed by atoms with Gasteiger partial charge < -0.3 is 20.5 Å². The molecule has 14 heteroatoms. The minimum absolute atomic E-state index is 0.0347. The van der Waals surface area contributed by atoms with Gasteiger partial charge in [-0.05, 0) is 30.5 Å². The van der Waals surface area contributed by atoms with E-state index in [1.807, 2.05) is 0 Å². The fourth-order valence-electron chi connectivity index (χ4n) is 4.41. The highest BCUT2D eigenvalue weighted by molar-refractivity contribution is 5.98. The second-order valence-corrected chi connectivity index (χ2v) is 9.55. The first kappa shape index (κ1) is 30.4. The summed E-state index contributed by atoms with van der Waals surface area (Å²) in [6.45, 7) is -1.06. The van der Waals surface area contributed by atoms with E-state index in [9.17, 15) is 36.7 Å². The van der Waals surface area contributed by atoms with Gasteiger partial charge in [-0.1, -0.05) is 47.6 Å². The van der Waals surface area contributed by atoms with Crippen LogP contribution in [-0.2, 0) is 25.5 Å². The molecule has 3 aromatic rings. The number of amides is 3. The van der Waals surface area contributed by atoms with Crippen LogP contribution < -0.4 is 16.0 Å². The van der Waals surface area contributed by atoms with Crippen molar-refractivity contribution >= 4 is 23.5 Å². The zero-order chi connectivity index (χ0) is 30.3. The van der Waals surface area contributed by atoms with Crippen LogP contribution in [0.2, 0.25) is 0 Å². The zero-order valence-corrected chi connectivity index (χ0v) is 21.9. The second-order valence-electron chi connectivity index (χ2n) is 9.55. The molecule has 0 bridgehead atoms. The van der Waals surface area contributed by atoms with Crippen LogP contribution >= 0.6 is 0 Å². The highest BCUT2D eigenvalue weighted by Gasteiger charge is 2.36. The first-order valence-electron chi connectivity index (χ1n) is 12.9. The molecule has 222 valence electrons. The van der Waals surface area contributed by atoms with Crippen molar-refractivity contribution in [3.05, 3.63) is 77.7 Å². The normalized spacial score (nSPS) is 16.4. The van der Waals surface area contributed by atoms with E-state index in [1.165, 1.54) is 24.3 Å². The van der Waals surface area contributed by atoms with Crippen molar-refractivity contribution in [3.63, 3.8) is 0 Å². The van der Waals surface area contributed by atoms with Crippen LogP contribution in [0.1, 0.15) is 28.9 Å². The van der Waals surface area contributed by atoms with E-state index in [0.717, 1.165) is 0 Å². The minimum atomic E-state index is -5.09. The lowest BCUT2D eigenvalue weighted by molar-refractivity contribution is -0.321. The Labute approximate surface area is 236 Å². The number of carbonyl (C=O) groups is 4. The molecule has 3 N–H and O–H groups in total. The Kier molecular flexibility index (Phi) is 9.68. The number of rotatable bonds is 12. The lowest BCUT2D eigenvalue weighted by Gasteiger charge is -2.24. The molecule has 42 heavy (non-hydrogen) atoms. The van der Waals surface area contributed by atoms with Crippen molar-refractivity contribution in [1.29, 1.82) is 0 Å². The molecule has 4 rings (SSSR count). The Bertz CT molecular complexity index is 1430. The minimum Gasteiger partial charge on any atom is -0.356 e. The van der Waals surface area contributed by atoms with Gasteiger partial charge in [0.15, 0.2) is 17.2 Å². The zero-order valence-electron chi connectivity index (χ0n) is 21.9. The van der Waals surface area contributed by atoms with Gasteiger partial charge >= 0.3 is 6.36 Å². The quantitative estimate of drug-likeness (QED) is 0.276. The van der Waals surface area contributed by atoms with E-state index >= 15 is 0 Å². The van der Waals surface area contributed by atoms with Crippen molar-refractivity contribution in [1.82, 2.24) is 21.1 Å². The molecule has 0 unspecified atom stereocenters. The Balaban J connectivity index is 1.53. The first-order chi connectivity index (χ1) is 20.0. The molecule has 0 radical (unpaired) electrons. The molecule has 2 aromatic carbocycles. The van der Waals surface area contributed by atoms with Gasteiger partial charge in [0.25, 0.3) is 5.91 Å². The van der Waals surface area contributed by atoms with Crippen LogP contribution in [0.25, 0.3) is 11.3 Å². The second kappa shape index (κ2) is 13.4. The maximum absolute atomic E-state index is 14.2. The molecule has 0 aliphatic carbocycles. The van der Waals surface area contributed by atoms with E-state index in [4.69, 9.17) is 4.52 Å². The number of ketones is 1. The molecule has 1 fully saturated rings. The smallest absolute Gasteiger partial charge is 0.356 e. The number of nitrogens with one attached hydrogen (secondary N) is 3. The molecule has 0 saturated carbocycles. The van der Waals surface area contributed by atoms with E-state index in [2.05, 4.69) is 25.8 Å². The highest BCUT2D eigenvalue weighted by atomic mass is 19.4. The Morgan fingerprint density at radius 2 is 1.76 bits per heavy atom. The monoisotopic (exact) mass is 590 g/mol. The predicted molar refractivity (Wildman–Crippen MR) is 138 cm³/mol. The van der Waals surface area contributed by atoms with Gasteiger partial charge in [0.1, 0.15) is 18.5 Å². The fraction of sp³-hybridized carbons (Fsp3) is 0.321. The summed E-state index contributed by atoms with van der Waals surface area (Å²) in [6.07, 6.45) is -5.10. The largest absolute Gasteiger partial charge is 0.522 e. The Morgan fingerprint density at radius 3 is 2.43 bits per heavy atom. The van der Waals surface area contributed by atoms with Crippen LogP contribution in [0, 0.1) is 11.7 Å². The highest BCUT2D eigenvalue weighted by Crippen LogP contribution is 2.23. The van der Waals surface area contributed by atoms with Gasteiger partial charge in [0.2, 0.25) is 11.8 Å². The topological polar surface area (TPSA) is 140 Å². The molecule has 3 amide bonds. The SMILES string of the molecule is O=C(N[C@@H](Cc1ccccc1)C(=O)N[C@@H](C[C@@H]1CCNC1=O)C(=O)COC(F)(F)F)c1cc(-c2ccccc2F)on1. The molecule has 10 nitrogen and oxygen atoms in total. The van der Waals surface area contributed by atoms with Gasteiger partial charge in [-0.25, -0.2) is 4.39 Å². The summed E-state index contributed by atoms with van der Waals surface area (Å²) >= 11 is 0. The van der Waals surface area contributed by atoms with Crippen LogP contribution in [0.4, 0.5) is 17.6 Å². The van der Waals surface area contributed by atoms with Crippen LogP contribution in [0.3, 0.4) is 0 Å². The lowest BCUT2D eigenvalue weighted by atomic mass is 9.95. The molecule has 0 spiro atoms. The van der Waals surface area contributed by atoms with Crippen LogP contribution in [-0.4, -0.2) is 60.3 Å². The van der Waals surface area contributed by atoms with Crippen LogP contribution in [0.5, 0.6) is 0 Å². The Hall–Kier alpha value is -4.59. The van der Waals surface area contributed by atoms with E-state index < -0.39 is 60.3 Å². The summed E-state index contributed by atoms with van der Waals surface area (Å²) in [5.74, 6) is -4.62.